The Hall–Kier alpha value is -0.290. The lowest BCUT2D eigenvalue weighted by Gasteiger charge is -2.07. The number of pyridine rings is 1. The third-order valence-corrected chi connectivity index (χ3v) is 2.97. The predicted octanol–water partition coefficient (Wildman–Crippen LogP) is 3.39. The summed E-state index contributed by atoms with van der Waals surface area (Å²) in [5.74, 6) is 0. The van der Waals surface area contributed by atoms with Crippen molar-refractivity contribution >= 4 is 38.5 Å². The van der Waals surface area contributed by atoms with Crippen LogP contribution in [0.3, 0.4) is 0 Å². The molecule has 2 nitrogen and oxygen atoms in total. The van der Waals surface area contributed by atoms with E-state index < -0.39 is 6.43 Å². The molecule has 1 aromatic rings. The van der Waals surface area contributed by atoms with Crippen LogP contribution in [0.25, 0.3) is 0 Å². The van der Waals surface area contributed by atoms with E-state index in [0.29, 0.717) is 3.57 Å². The lowest BCUT2D eigenvalue weighted by Crippen LogP contribution is -2.01. The molecule has 0 spiro atoms. The van der Waals surface area contributed by atoms with Gasteiger partial charge in [0.05, 0.1) is 11.3 Å². The molecule has 6 heteroatoms. The summed E-state index contributed by atoms with van der Waals surface area (Å²) in [6.45, 7) is 0. The Bertz CT molecular complexity index is 390. The Morgan fingerprint density at radius 1 is 1.64 bits per heavy atom. The van der Waals surface area contributed by atoms with Crippen LogP contribution in [0, 0.1) is 14.9 Å². The molecule has 0 saturated heterocycles. The van der Waals surface area contributed by atoms with Crippen LogP contribution >= 0.6 is 38.5 Å². The third kappa shape index (κ3) is 2.39. The van der Waals surface area contributed by atoms with Crippen LogP contribution < -0.4 is 0 Å². The first-order valence-corrected chi connectivity index (χ1v) is 5.73. The minimum Gasteiger partial charge on any atom is -0.241 e. The van der Waals surface area contributed by atoms with Gasteiger partial charge in [0.2, 0.25) is 0 Å². The van der Waals surface area contributed by atoms with E-state index in [9.17, 15) is 8.78 Å². The van der Waals surface area contributed by atoms with Crippen molar-refractivity contribution in [1.29, 1.82) is 5.26 Å². The Morgan fingerprint density at radius 3 is 2.71 bits per heavy atom. The van der Waals surface area contributed by atoms with Gasteiger partial charge in [0.1, 0.15) is 11.8 Å². The van der Waals surface area contributed by atoms with Crippen molar-refractivity contribution in [2.75, 3.05) is 0 Å². The molecule has 0 aliphatic heterocycles. The van der Waals surface area contributed by atoms with Crippen LogP contribution in [0.1, 0.15) is 23.4 Å². The summed E-state index contributed by atoms with van der Waals surface area (Å²) in [6.07, 6.45) is -2.56. The van der Waals surface area contributed by atoms with Crippen molar-refractivity contribution in [3.05, 3.63) is 26.6 Å². The SMILES string of the molecule is N#Cc1cc(I)c(C(F)F)c(CBr)n1. The van der Waals surface area contributed by atoms with Crippen LogP contribution in [0.15, 0.2) is 6.07 Å². The molecular weight excluding hydrogens is 369 g/mol. The zero-order chi connectivity index (χ0) is 10.7. The van der Waals surface area contributed by atoms with E-state index in [1.165, 1.54) is 6.07 Å². The maximum atomic E-state index is 12.6. The number of aromatic nitrogens is 1. The zero-order valence-electron chi connectivity index (χ0n) is 6.77. The number of nitrogens with zero attached hydrogens (tertiary/aromatic N) is 2. The van der Waals surface area contributed by atoms with Crippen molar-refractivity contribution < 1.29 is 8.78 Å². The molecular formula is C8H4BrF2IN2. The lowest BCUT2D eigenvalue weighted by atomic mass is 10.2. The molecule has 0 aromatic carbocycles. The van der Waals surface area contributed by atoms with Crippen LogP contribution in [0.5, 0.6) is 0 Å². The zero-order valence-corrected chi connectivity index (χ0v) is 10.5. The van der Waals surface area contributed by atoms with E-state index in [-0.39, 0.29) is 22.3 Å². The first-order chi connectivity index (χ1) is 6.60. The first-order valence-electron chi connectivity index (χ1n) is 3.53. The largest absolute Gasteiger partial charge is 0.266 e. The summed E-state index contributed by atoms with van der Waals surface area (Å²) in [5.41, 5.74) is 0.290. The van der Waals surface area contributed by atoms with Crippen LogP contribution in [0.4, 0.5) is 8.78 Å². The second kappa shape index (κ2) is 4.98. The van der Waals surface area contributed by atoms with E-state index in [0.717, 1.165) is 0 Å². The second-order valence-corrected chi connectivity index (χ2v) is 4.12. The maximum Gasteiger partial charge on any atom is 0.266 e. The number of halogens is 4. The van der Waals surface area contributed by atoms with Gasteiger partial charge in [0.25, 0.3) is 6.43 Å². The third-order valence-electron chi connectivity index (χ3n) is 1.55. The first kappa shape index (κ1) is 11.8. The summed E-state index contributed by atoms with van der Waals surface area (Å²) in [5, 5.41) is 8.81. The number of nitriles is 1. The highest BCUT2D eigenvalue weighted by Crippen LogP contribution is 2.28. The smallest absolute Gasteiger partial charge is 0.241 e. The quantitative estimate of drug-likeness (QED) is 0.589. The van der Waals surface area contributed by atoms with Gasteiger partial charge < -0.3 is 0 Å². The molecule has 0 amide bonds. The molecule has 0 aliphatic rings. The highest BCUT2D eigenvalue weighted by atomic mass is 127. The summed E-state index contributed by atoms with van der Waals surface area (Å²) in [7, 11) is 0. The van der Waals surface area contributed by atoms with Gasteiger partial charge in [-0.25, -0.2) is 13.8 Å². The average molecular weight is 373 g/mol. The fourth-order valence-corrected chi connectivity index (χ4v) is 2.23. The molecule has 0 radical (unpaired) electrons. The number of hydrogen-bond acceptors (Lipinski definition) is 2. The van der Waals surface area contributed by atoms with Crippen molar-refractivity contribution in [2.45, 2.75) is 11.8 Å². The molecule has 1 aromatic heterocycles. The molecule has 0 atom stereocenters. The normalized spacial score (nSPS) is 10.3. The topological polar surface area (TPSA) is 36.7 Å². The Labute approximate surface area is 102 Å². The van der Waals surface area contributed by atoms with Gasteiger partial charge in [0.15, 0.2) is 0 Å². The number of hydrogen-bond donors (Lipinski definition) is 0. The minimum absolute atomic E-state index is 0.0959. The van der Waals surface area contributed by atoms with Crippen LogP contribution in [-0.2, 0) is 5.33 Å². The Balaban J connectivity index is 3.36. The number of rotatable bonds is 2. The Kier molecular flexibility index (Phi) is 4.19. The van der Waals surface area contributed by atoms with Gasteiger partial charge >= 0.3 is 0 Å². The highest BCUT2D eigenvalue weighted by molar-refractivity contribution is 14.1. The predicted molar refractivity (Wildman–Crippen MR) is 59.3 cm³/mol. The fourth-order valence-electron chi connectivity index (χ4n) is 0.963. The van der Waals surface area contributed by atoms with Crippen molar-refractivity contribution in [1.82, 2.24) is 4.98 Å². The molecule has 1 heterocycles. The molecule has 0 N–H and O–H groups in total. The monoisotopic (exact) mass is 372 g/mol. The molecule has 74 valence electrons. The van der Waals surface area contributed by atoms with E-state index in [4.69, 9.17) is 5.26 Å². The van der Waals surface area contributed by atoms with Crippen molar-refractivity contribution in [2.24, 2.45) is 0 Å². The highest BCUT2D eigenvalue weighted by Gasteiger charge is 2.18. The molecule has 0 aliphatic carbocycles. The average Bonchev–Trinajstić information content (AvgIpc) is 2.15. The maximum absolute atomic E-state index is 12.6. The summed E-state index contributed by atoms with van der Waals surface area (Å²) >= 11 is 4.85. The van der Waals surface area contributed by atoms with Gasteiger partial charge in [0, 0.05) is 8.90 Å². The van der Waals surface area contributed by atoms with Gasteiger partial charge in [-0.15, -0.1) is 0 Å². The van der Waals surface area contributed by atoms with Crippen LogP contribution in [0.2, 0.25) is 0 Å². The van der Waals surface area contributed by atoms with Gasteiger partial charge in [-0.3, -0.25) is 0 Å². The van der Waals surface area contributed by atoms with E-state index >= 15 is 0 Å². The van der Waals surface area contributed by atoms with Crippen molar-refractivity contribution in [3.8, 4) is 6.07 Å². The van der Waals surface area contributed by atoms with E-state index in [1.807, 2.05) is 6.07 Å². The molecule has 0 unspecified atom stereocenters. The van der Waals surface area contributed by atoms with Crippen LogP contribution in [-0.4, -0.2) is 4.98 Å². The second-order valence-electron chi connectivity index (χ2n) is 2.40. The van der Waals surface area contributed by atoms with Gasteiger partial charge in [-0.1, -0.05) is 15.9 Å². The molecule has 0 bridgehead atoms. The van der Waals surface area contributed by atoms with Gasteiger partial charge in [-0.2, -0.15) is 5.26 Å². The van der Waals surface area contributed by atoms with Gasteiger partial charge in [-0.05, 0) is 28.7 Å². The van der Waals surface area contributed by atoms with E-state index in [1.54, 1.807) is 22.6 Å². The summed E-state index contributed by atoms with van der Waals surface area (Å²) in [4.78, 5) is 3.80. The molecule has 14 heavy (non-hydrogen) atoms. The number of alkyl halides is 3. The standard InChI is InChI=1S/C8H4BrF2IN2/c9-2-6-7(8(10)11)5(12)1-4(3-13)14-6/h1,8H,2H2. The molecule has 1 rings (SSSR count). The summed E-state index contributed by atoms with van der Waals surface area (Å²) < 4.78 is 25.5. The molecule has 0 fully saturated rings. The lowest BCUT2D eigenvalue weighted by molar-refractivity contribution is 0.149. The van der Waals surface area contributed by atoms with Crippen molar-refractivity contribution in [3.63, 3.8) is 0 Å². The minimum atomic E-state index is -2.56. The van der Waals surface area contributed by atoms with E-state index in [2.05, 4.69) is 20.9 Å². The fraction of sp³-hybridized carbons (Fsp3) is 0.250. The molecule has 0 saturated carbocycles. The Morgan fingerprint density at radius 2 is 2.29 bits per heavy atom. The summed E-state index contributed by atoms with van der Waals surface area (Å²) in [6, 6.07) is 3.18.